The van der Waals surface area contributed by atoms with E-state index >= 15 is 0 Å². The maximum Gasteiger partial charge on any atom is 0.0728 e. The smallest absolute Gasteiger partial charge is 0.0728 e. The van der Waals surface area contributed by atoms with Crippen LogP contribution < -0.4 is 0 Å². The monoisotopic (exact) mass is 359 g/mol. The van der Waals surface area contributed by atoms with Gasteiger partial charge in [0.05, 0.1) is 18.8 Å². The molecule has 130 valence electrons. The van der Waals surface area contributed by atoms with Crippen LogP contribution in [0.15, 0.2) is 24.3 Å². The molecule has 1 aliphatic heterocycles. The van der Waals surface area contributed by atoms with Crippen LogP contribution in [-0.4, -0.2) is 48.5 Å². The van der Waals surface area contributed by atoms with Gasteiger partial charge >= 0.3 is 0 Å². The van der Waals surface area contributed by atoms with Crippen molar-refractivity contribution in [2.45, 2.75) is 43.6 Å². The second-order valence-electron chi connectivity index (χ2n) is 6.68. The third-order valence-corrected chi connectivity index (χ3v) is 5.40. The van der Waals surface area contributed by atoms with Gasteiger partial charge in [-0.15, -0.1) is 12.4 Å². The second-order valence-corrected chi connectivity index (χ2v) is 7.12. The van der Waals surface area contributed by atoms with E-state index in [9.17, 15) is 5.11 Å². The highest BCUT2D eigenvalue weighted by Gasteiger charge is 2.39. The molecule has 0 bridgehead atoms. The predicted molar refractivity (Wildman–Crippen MR) is 96.7 cm³/mol. The zero-order valence-electron chi connectivity index (χ0n) is 13.5. The fraction of sp³-hybridized carbons (Fsp3) is 0.667. The molecule has 2 fully saturated rings. The molecular formula is C18H27Cl2NO2. The van der Waals surface area contributed by atoms with Gasteiger partial charge in [-0.3, -0.25) is 4.90 Å². The van der Waals surface area contributed by atoms with Gasteiger partial charge in [0.15, 0.2) is 0 Å². The molecule has 5 heteroatoms. The van der Waals surface area contributed by atoms with Crippen LogP contribution in [0, 0.1) is 0 Å². The Labute approximate surface area is 150 Å². The Hall–Kier alpha value is -0.320. The van der Waals surface area contributed by atoms with Crippen molar-refractivity contribution in [1.29, 1.82) is 0 Å². The Bertz CT molecular complexity index is 486. The predicted octanol–water partition coefficient (Wildman–Crippen LogP) is 3.87. The van der Waals surface area contributed by atoms with E-state index in [1.54, 1.807) is 0 Å². The van der Waals surface area contributed by atoms with Crippen molar-refractivity contribution in [3.63, 3.8) is 0 Å². The second kappa shape index (κ2) is 8.68. The quantitative estimate of drug-likeness (QED) is 0.885. The first kappa shape index (κ1) is 19.0. The Morgan fingerprint density at radius 1 is 1.17 bits per heavy atom. The lowest BCUT2D eigenvalue weighted by Gasteiger charge is -2.42. The fourth-order valence-electron chi connectivity index (χ4n) is 3.86. The molecule has 1 saturated carbocycles. The third kappa shape index (κ3) is 4.83. The van der Waals surface area contributed by atoms with Crippen molar-refractivity contribution >= 4 is 24.0 Å². The topological polar surface area (TPSA) is 32.7 Å². The summed E-state index contributed by atoms with van der Waals surface area (Å²) >= 11 is 6.20. The number of nitrogens with zero attached hydrogens (tertiary/aromatic N) is 1. The summed E-state index contributed by atoms with van der Waals surface area (Å²) in [7, 11) is 0. The van der Waals surface area contributed by atoms with Crippen LogP contribution in [0.4, 0.5) is 0 Å². The van der Waals surface area contributed by atoms with Crippen molar-refractivity contribution in [1.82, 2.24) is 4.90 Å². The molecule has 0 aromatic heterocycles. The number of hydrogen-bond donors (Lipinski definition) is 1. The van der Waals surface area contributed by atoms with E-state index in [1.807, 2.05) is 18.2 Å². The molecule has 1 aliphatic carbocycles. The molecule has 0 spiro atoms. The van der Waals surface area contributed by atoms with Gasteiger partial charge in [-0.05, 0) is 30.5 Å². The standard InChI is InChI=1S/C18H26ClNO2.ClH/c19-16-6-4-5-15(13-16)17(14-20-9-11-22-12-10-20)18(21)7-2-1-3-8-18;/h4-6,13,17,21H,1-3,7-12,14H2;1H. The maximum absolute atomic E-state index is 11.3. The number of morpholine rings is 1. The van der Waals surface area contributed by atoms with Crippen molar-refractivity contribution in [3.8, 4) is 0 Å². The van der Waals surface area contributed by atoms with Crippen molar-refractivity contribution in [3.05, 3.63) is 34.9 Å². The molecule has 1 aromatic carbocycles. The lowest BCUT2D eigenvalue weighted by Crippen LogP contribution is -2.47. The van der Waals surface area contributed by atoms with Crippen molar-refractivity contribution in [2.24, 2.45) is 0 Å². The molecule has 2 aliphatic rings. The van der Waals surface area contributed by atoms with Gasteiger partial charge in [0.25, 0.3) is 0 Å². The average Bonchev–Trinajstić information content (AvgIpc) is 2.54. The van der Waals surface area contributed by atoms with Gasteiger partial charge < -0.3 is 9.84 Å². The Morgan fingerprint density at radius 3 is 2.52 bits per heavy atom. The SMILES string of the molecule is Cl.OC1(C(CN2CCOCC2)c2cccc(Cl)c2)CCCCC1. The minimum atomic E-state index is -0.596. The first-order chi connectivity index (χ1) is 10.7. The molecule has 1 unspecified atom stereocenters. The number of hydrogen-bond acceptors (Lipinski definition) is 3. The van der Waals surface area contributed by atoms with Gasteiger partial charge in [-0.25, -0.2) is 0 Å². The fourth-order valence-corrected chi connectivity index (χ4v) is 4.06. The normalized spacial score (nSPS) is 23.0. The molecule has 1 saturated heterocycles. The van der Waals surface area contributed by atoms with E-state index < -0.39 is 5.60 Å². The van der Waals surface area contributed by atoms with Crippen LogP contribution in [0.2, 0.25) is 5.02 Å². The summed E-state index contributed by atoms with van der Waals surface area (Å²) in [5.41, 5.74) is 0.574. The van der Waals surface area contributed by atoms with E-state index in [4.69, 9.17) is 16.3 Å². The molecule has 3 rings (SSSR count). The van der Waals surface area contributed by atoms with Crippen LogP contribution in [0.25, 0.3) is 0 Å². The van der Waals surface area contributed by atoms with E-state index in [1.165, 1.54) is 12.0 Å². The summed E-state index contributed by atoms with van der Waals surface area (Å²) in [5, 5.41) is 12.1. The van der Waals surface area contributed by atoms with Gasteiger partial charge in [0, 0.05) is 30.6 Å². The molecule has 1 N–H and O–H groups in total. The number of rotatable bonds is 4. The van der Waals surface area contributed by atoms with Crippen molar-refractivity contribution in [2.75, 3.05) is 32.8 Å². The Morgan fingerprint density at radius 2 is 1.87 bits per heavy atom. The lowest BCUT2D eigenvalue weighted by atomic mass is 9.72. The molecule has 1 heterocycles. The Kier molecular flexibility index (Phi) is 7.18. The summed E-state index contributed by atoms with van der Waals surface area (Å²) < 4.78 is 5.45. The number of ether oxygens (including phenoxy) is 1. The largest absolute Gasteiger partial charge is 0.389 e. The van der Waals surface area contributed by atoms with E-state index in [2.05, 4.69) is 11.0 Å². The zero-order valence-corrected chi connectivity index (χ0v) is 15.1. The molecule has 1 aromatic rings. The molecule has 0 radical (unpaired) electrons. The minimum absolute atomic E-state index is 0. The van der Waals surface area contributed by atoms with E-state index in [0.29, 0.717) is 0 Å². The average molecular weight is 360 g/mol. The zero-order chi connectivity index (χ0) is 15.4. The summed E-state index contributed by atoms with van der Waals surface area (Å²) in [6, 6.07) is 8.04. The van der Waals surface area contributed by atoms with Crippen LogP contribution in [0.5, 0.6) is 0 Å². The van der Waals surface area contributed by atoms with Crippen LogP contribution >= 0.6 is 24.0 Å². The van der Waals surface area contributed by atoms with E-state index in [0.717, 1.165) is 63.6 Å². The molecular weight excluding hydrogens is 333 g/mol. The molecule has 3 nitrogen and oxygen atoms in total. The van der Waals surface area contributed by atoms with Crippen molar-refractivity contribution < 1.29 is 9.84 Å². The number of halogens is 2. The summed E-state index contributed by atoms with van der Waals surface area (Å²) in [4.78, 5) is 2.42. The first-order valence-corrected chi connectivity index (χ1v) is 8.83. The highest BCUT2D eigenvalue weighted by Crippen LogP contribution is 2.41. The van der Waals surface area contributed by atoms with Crippen LogP contribution in [0.1, 0.15) is 43.6 Å². The lowest BCUT2D eigenvalue weighted by molar-refractivity contribution is -0.0414. The van der Waals surface area contributed by atoms with Gasteiger partial charge in [-0.2, -0.15) is 0 Å². The highest BCUT2D eigenvalue weighted by atomic mass is 35.5. The van der Waals surface area contributed by atoms with Gasteiger partial charge in [0.2, 0.25) is 0 Å². The maximum atomic E-state index is 11.3. The highest BCUT2D eigenvalue weighted by molar-refractivity contribution is 6.30. The van der Waals surface area contributed by atoms with Gasteiger partial charge in [-0.1, -0.05) is 43.0 Å². The summed E-state index contributed by atoms with van der Waals surface area (Å²) in [6.07, 6.45) is 5.28. The van der Waals surface area contributed by atoms with Crippen LogP contribution in [0.3, 0.4) is 0 Å². The van der Waals surface area contributed by atoms with Crippen LogP contribution in [-0.2, 0) is 4.74 Å². The number of benzene rings is 1. The molecule has 23 heavy (non-hydrogen) atoms. The first-order valence-electron chi connectivity index (χ1n) is 8.45. The Balaban J connectivity index is 0.00000192. The molecule has 0 amide bonds. The third-order valence-electron chi connectivity index (χ3n) is 5.16. The number of aliphatic hydroxyl groups is 1. The van der Waals surface area contributed by atoms with E-state index in [-0.39, 0.29) is 18.3 Å². The molecule has 1 atom stereocenters. The minimum Gasteiger partial charge on any atom is -0.389 e. The summed E-state index contributed by atoms with van der Waals surface area (Å²) in [5.74, 6) is 0.129. The van der Waals surface area contributed by atoms with Gasteiger partial charge in [0.1, 0.15) is 0 Å². The summed E-state index contributed by atoms with van der Waals surface area (Å²) in [6.45, 7) is 4.38.